The molecule has 1 atom stereocenters. The van der Waals surface area contributed by atoms with Gasteiger partial charge < -0.3 is 26.4 Å². The van der Waals surface area contributed by atoms with Crippen LogP contribution in [-0.4, -0.2) is 50.5 Å². The summed E-state index contributed by atoms with van der Waals surface area (Å²) in [6.45, 7) is 11.7. The van der Waals surface area contributed by atoms with Gasteiger partial charge in [0.15, 0.2) is 0 Å². The highest BCUT2D eigenvalue weighted by Crippen LogP contribution is 2.06. The van der Waals surface area contributed by atoms with Gasteiger partial charge in [0.25, 0.3) is 0 Å². The second-order valence-corrected chi connectivity index (χ2v) is 6.55. The standard InChI is InChI=1S/C17H36N4O2/c1-5-11-20-15(14-19-13-10-18)9-7-6-8-12-21-16(22)23-17(2,3)4/h7,9,15,19-20H,5-6,8,10-14,18H2,1-4H3,(H,21,22)/b9-7+/t15-/m0/s1. The molecule has 0 aromatic carbocycles. The molecule has 0 saturated heterocycles. The molecule has 0 saturated carbocycles. The molecule has 0 radical (unpaired) electrons. The minimum absolute atomic E-state index is 0.320. The second-order valence-electron chi connectivity index (χ2n) is 6.55. The van der Waals surface area contributed by atoms with Crippen molar-refractivity contribution < 1.29 is 9.53 Å². The number of carbonyl (C=O) groups excluding carboxylic acids is 1. The van der Waals surface area contributed by atoms with Crippen molar-refractivity contribution in [2.45, 2.75) is 58.6 Å². The maximum atomic E-state index is 11.5. The van der Waals surface area contributed by atoms with Crippen molar-refractivity contribution in [3.05, 3.63) is 12.2 Å². The van der Waals surface area contributed by atoms with Crippen LogP contribution in [0.2, 0.25) is 0 Å². The van der Waals surface area contributed by atoms with Gasteiger partial charge in [-0.25, -0.2) is 4.79 Å². The minimum Gasteiger partial charge on any atom is -0.444 e. The fourth-order valence-electron chi connectivity index (χ4n) is 1.88. The van der Waals surface area contributed by atoms with Crippen molar-refractivity contribution in [3.8, 4) is 0 Å². The summed E-state index contributed by atoms with van der Waals surface area (Å²) in [6, 6.07) is 0.320. The lowest BCUT2D eigenvalue weighted by Gasteiger charge is -2.19. The Morgan fingerprint density at radius 2 is 2.00 bits per heavy atom. The first kappa shape index (κ1) is 21.9. The molecule has 0 aliphatic carbocycles. The number of alkyl carbamates (subject to hydrolysis) is 1. The zero-order valence-electron chi connectivity index (χ0n) is 15.3. The summed E-state index contributed by atoms with van der Waals surface area (Å²) in [7, 11) is 0. The van der Waals surface area contributed by atoms with Crippen LogP contribution in [0, 0.1) is 0 Å². The molecule has 5 N–H and O–H groups in total. The molecular weight excluding hydrogens is 292 g/mol. The van der Waals surface area contributed by atoms with Gasteiger partial charge in [-0.3, -0.25) is 0 Å². The summed E-state index contributed by atoms with van der Waals surface area (Å²) >= 11 is 0. The molecule has 6 heteroatoms. The lowest BCUT2D eigenvalue weighted by atomic mass is 10.2. The first-order chi connectivity index (χ1) is 10.9. The van der Waals surface area contributed by atoms with Crippen molar-refractivity contribution in [3.63, 3.8) is 0 Å². The maximum absolute atomic E-state index is 11.5. The fraction of sp³-hybridized carbons (Fsp3) is 0.824. The third-order valence-corrected chi connectivity index (χ3v) is 2.93. The van der Waals surface area contributed by atoms with Crippen LogP contribution in [0.15, 0.2) is 12.2 Å². The number of nitrogens with one attached hydrogen (secondary N) is 3. The van der Waals surface area contributed by atoms with Crippen LogP contribution >= 0.6 is 0 Å². The predicted molar refractivity (Wildman–Crippen MR) is 96.6 cm³/mol. The van der Waals surface area contributed by atoms with E-state index in [1.807, 2.05) is 20.8 Å². The van der Waals surface area contributed by atoms with Crippen molar-refractivity contribution >= 4 is 6.09 Å². The summed E-state index contributed by atoms with van der Waals surface area (Å²) < 4.78 is 5.19. The number of amides is 1. The molecule has 0 fully saturated rings. The van der Waals surface area contributed by atoms with Crippen LogP contribution in [0.5, 0.6) is 0 Å². The Morgan fingerprint density at radius 3 is 2.61 bits per heavy atom. The number of unbranched alkanes of at least 4 members (excludes halogenated alkanes) is 1. The summed E-state index contributed by atoms with van der Waals surface area (Å²) in [5.41, 5.74) is 5.04. The number of allylic oxidation sites excluding steroid dienone is 1. The van der Waals surface area contributed by atoms with Crippen LogP contribution in [0.3, 0.4) is 0 Å². The Labute approximate surface area is 141 Å². The van der Waals surface area contributed by atoms with Crippen molar-refractivity contribution in [2.24, 2.45) is 5.73 Å². The number of nitrogens with two attached hydrogens (primary N) is 1. The van der Waals surface area contributed by atoms with E-state index in [0.29, 0.717) is 19.1 Å². The van der Waals surface area contributed by atoms with E-state index in [-0.39, 0.29) is 6.09 Å². The molecule has 0 aliphatic heterocycles. The first-order valence-corrected chi connectivity index (χ1v) is 8.66. The molecule has 0 spiro atoms. The Bertz CT molecular complexity index is 327. The van der Waals surface area contributed by atoms with Crippen LogP contribution < -0.4 is 21.7 Å². The third kappa shape index (κ3) is 15.6. The number of hydrogen-bond acceptors (Lipinski definition) is 5. The quantitative estimate of drug-likeness (QED) is 0.324. The van der Waals surface area contributed by atoms with Gasteiger partial charge in [-0.1, -0.05) is 19.1 Å². The number of carbonyl (C=O) groups is 1. The lowest BCUT2D eigenvalue weighted by Crippen LogP contribution is -2.39. The number of ether oxygens (including phenoxy) is 1. The van der Waals surface area contributed by atoms with E-state index in [1.54, 1.807) is 0 Å². The topological polar surface area (TPSA) is 88.4 Å². The Morgan fingerprint density at radius 1 is 1.26 bits per heavy atom. The molecule has 6 nitrogen and oxygen atoms in total. The molecule has 0 unspecified atom stereocenters. The molecule has 1 amide bonds. The minimum atomic E-state index is -0.446. The van der Waals surface area contributed by atoms with Crippen LogP contribution in [0.1, 0.15) is 47.0 Å². The highest BCUT2D eigenvalue weighted by atomic mass is 16.6. The Kier molecular flexibility index (Phi) is 12.7. The third-order valence-electron chi connectivity index (χ3n) is 2.93. The van der Waals surface area contributed by atoms with E-state index < -0.39 is 5.60 Å². The van der Waals surface area contributed by atoms with E-state index in [0.717, 1.165) is 38.9 Å². The van der Waals surface area contributed by atoms with E-state index in [4.69, 9.17) is 10.5 Å². The van der Waals surface area contributed by atoms with Gasteiger partial charge in [-0.15, -0.1) is 0 Å². The van der Waals surface area contributed by atoms with Crippen molar-refractivity contribution in [2.75, 3.05) is 32.7 Å². The zero-order chi connectivity index (χ0) is 17.6. The van der Waals surface area contributed by atoms with Crippen LogP contribution in [0.4, 0.5) is 4.79 Å². The number of hydrogen-bond donors (Lipinski definition) is 4. The Hall–Kier alpha value is -1.11. The van der Waals surface area contributed by atoms with Gasteiger partial charge in [0.1, 0.15) is 5.60 Å². The predicted octanol–water partition coefficient (Wildman–Crippen LogP) is 1.76. The molecule has 0 aromatic heterocycles. The summed E-state index contributed by atoms with van der Waals surface area (Å²) in [4.78, 5) is 11.5. The average molecular weight is 329 g/mol. The molecular formula is C17H36N4O2. The zero-order valence-corrected chi connectivity index (χ0v) is 15.3. The van der Waals surface area contributed by atoms with E-state index >= 15 is 0 Å². The summed E-state index contributed by atoms with van der Waals surface area (Å²) in [5.74, 6) is 0. The molecule has 0 aromatic rings. The van der Waals surface area contributed by atoms with Gasteiger partial charge >= 0.3 is 6.09 Å². The van der Waals surface area contributed by atoms with Gasteiger partial charge in [0.2, 0.25) is 0 Å². The van der Waals surface area contributed by atoms with E-state index in [2.05, 4.69) is 35.0 Å². The van der Waals surface area contributed by atoms with Crippen molar-refractivity contribution in [1.29, 1.82) is 0 Å². The number of rotatable bonds is 12. The molecule has 0 heterocycles. The maximum Gasteiger partial charge on any atom is 0.407 e. The SMILES string of the molecule is CCCN[C@@H](/C=C/CCCNC(=O)OC(C)(C)C)CNCCN. The van der Waals surface area contributed by atoms with Crippen molar-refractivity contribution in [1.82, 2.24) is 16.0 Å². The highest BCUT2D eigenvalue weighted by molar-refractivity contribution is 5.67. The fourth-order valence-corrected chi connectivity index (χ4v) is 1.88. The van der Waals surface area contributed by atoms with Crippen LogP contribution in [-0.2, 0) is 4.74 Å². The monoisotopic (exact) mass is 328 g/mol. The highest BCUT2D eigenvalue weighted by Gasteiger charge is 2.15. The lowest BCUT2D eigenvalue weighted by molar-refractivity contribution is 0.0527. The molecule has 0 aliphatic rings. The van der Waals surface area contributed by atoms with E-state index in [1.165, 1.54) is 0 Å². The Balaban J connectivity index is 3.87. The van der Waals surface area contributed by atoms with Gasteiger partial charge in [0.05, 0.1) is 0 Å². The second kappa shape index (κ2) is 13.3. The first-order valence-electron chi connectivity index (χ1n) is 8.66. The van der Waals surface area contributed by atoms with Gasteiger partial charge in [0, 0.05) is 32.2 Å². The smallest absolute Gasteiger partial charge is 0.407 e. The molecule has 0 rings (SSSR count). The van der Waals surface area contributed by atoms with E-state index in [9.17, 15) is 4.79 Å². The van der Waals surface area contributed by atoms with Gasteiger partial charge in [-0.2, -0.15) is 0 Å². The summed E-state index contributed by atoms with van der Waals surface area (Å²) in [5, 5.41) is 9.57. The largest absolute Gasteiger partial charge is 0.444 e. The van der Waals surface area contributed by atoms with Gasteiger partial charge in [-0.05, 0) is 46.6 Å². The molecule has 0 bridgehead atoms. The molecule has 136 valence electrons. The summed E-state index contributed by atoms with van der Waals surface area (Å²) in [6.07, 6.45) is 6.93. The van der Waals surface area contributed by atoms with Crippen LogP contribution in [0.25, 0.3) is 0 Å². The normalized spacial score (nSPS) is 13.3. The molecule has 23 heavy (non-hydrogen) atoms. The average Bonchev–Trinajstić information content (AvgIpc) is 2.45.